The third-order valence-electron chi connectivity index (χ3n) is 4.49. The minimum atomic E-state index is 0.946. The van der Waals surface area contributed by atoms with Crippen LogP contribution in [-0.4, -0.2) is 33.2 Å². The SMILES string of the molecule is CN(C)c1ccc(N=c2ccc3nc4ccc(N(C)C)cc4sc-3c2)cc1. The van der Waals surface area contributed by atoms with Crippen LogP contribution in [0, 0.1) is 0 Å². The fourth-order valence-corrected chi connectivity index (χ4v) is 3.96. The minimum absolute atomic E-state index is 0.946. The first-order valence-electron chi connectivity index (χ1n) is 8.84. The van der Waals surface area contributed by atoms with Crippen molar-refractivity contribution < 1.29 is 0 Å². The fraction of sp³-hybridized carbons (Fsp3) is 0.182. The minimum Gasteiger partial charge on any atom is -0.378 e. The van der Waals surface area contributed by atoms with Crippen LogP contribution < -0.4 is 15.2 Å². The maximum atomic E-state index is 4.80. The van der Waals surface area contributed by atoms with E-state index in [1.54, 1.807) is 11.3 Å². The second-order valence-electron chi connectivity index (χ2n) is 6.93. The van der Waals surface area contributed by atoms with E-state index in [2.05, 4.69) is 66.4 Å². The van der Waals surface area contributed by atoms with Crippen molar-refractivity contribution in [3.8, 4) is 10.6 Å². The predicted octanol–water partition coefficient (Wildman–Crippen LogP) is 4.77. The summed E-state index contributed by atoms with van der Waals surface area (Å²) in [4.78, 5) is 14.9. The summed E-state index contributed by atoms with van der Waals surface area (Å²) in [6.45, 7) is 0. The first-order valence-corrected chi connectivity index (χ1v) is 9.65. The van der Waals surface area contributed by atoms with Crippen molar-refractivity contribution >= 4 is 38.6 Å². The van der Waals surface area contributed by atoms with Crippen LogP contribution in [0.3, 0.4) is 0 Å². The Hall–Kier alpha value is -2.92. The molecule has 0 unspecified atom stereocenters. The Kier molecular flexibility index (Phi) is 4.54. The average molecular weight is 375 g/mol. The molecule has 4 nitrogen and oxygen atoms in total. The van der Waals surface area contributed by atoms with Crippen molar-refractivity contribution in [2.75, 3.05) is 38.0 Å². The summed E-state index contributed by atoms with van der Waals surface area (Å²) in [6, 6.07) is 20.8. The predicted molar refractivity (Wildman–Crippen MR) is 117 cm³/mol. The normalized spacial score (nSPS) is 11.9. The van der Waals surface area contributed by atoms with Crippen LogP contribution in [0.5, 0.6) is 0 Å². The van der Waals surface area contributed by atoms with Crippen LogP contribution in [0.2, 0.25) is 0 Å². The molecule has 4 rings (SSSR count). The van der Waals surface area contributed by atoms with Gasteiger partial charge in [0.05, 0.1) is 31.8 Å². The Bertz CT molecular complexity index is 1130. The van der Waals surface area contributed by atoms with E-state index in [1.165, 1.54) is 16.1 Å². The van der Waals surface area contributed by atoms with Gasteiger partial charge in [-0.15, -0.1) is 11.3 Å². The Morgan fingerprint density at radius 2 is 1.48 bits per heavy atom. The highest BCUT2D eigenvalue weighted by Crippen LogP contribution is 2.31. The molecule has 2 aromatic rings. The highest BCUT2D eigenvalue weighted by atomic mass is 32.1. The average Bonchev–Trinajstić information content (AvgIpc) is 2.66. The molecule has 0 amide bonds. The summed E-state index contributed by atoms with van der Waals surface area (Å²) >= 11 is 1.76. The maximum Gasteiger partial charge on any atom is 0.0811 e. The molecule has 5 heteroatoms. The van der Waals surface area contributed by atoms with Crippen LogP contribution in [0.15, 0.2) is 65.7 Å². The standard InChI is InChI=1S/C22H22N4S/c1-25(2)17-8-5-15(6-9-17)23-16-7-11-19-21(13-16)27-22-14-18(26(3)4)10-12-20(22)24-19/h5-14H,1-4H3. The molecule has 1 heterocycles. The molecule has 0 saturated carbocycles. The van der Waals surface area contributed by atoms with Gasteiger partial charge in [-0.3, -0.25) is 0 Å². The second kappa shape index (κ2) is 7.00. The highest BCUT2D eigenvalue weighted by molar-refractivity contribution is 7.21. The van der Waals surface area contributed by atoms with Crippen LogP contribution in [0.25, 0.3) is 20.8 Å². The lowest BCUT2D eigenvalue weighted by Gasteiger charge is -2.13. The van der Waals surface area contributed by atoms with Crippen molar-refractivity contribution in [3.05, 3.63) is 66.0 Å². The van der Waals surface area contributed by atoms with Crippen LogP contribution in [-0.2, 0) is 0 Å². The Labute approximate surface area is 163 Å². The second-order valence-corrected chi connectivity index (χ2v) is 8.02. The van der Waals surface area contributed by atoms with Gasteiger partial charge in [0.2, 0.25) is 0 Å². The zero-order chi connectivity index (χ0) is 19.0. The summed E-state index contributed by atoms with van der Waals surface area (Å²) < 4.78 is 1.18. The number of aromatic nitrogens is 1. The molecule has 0 bridgehead atoms. The highest BCUT2D eigenvalue weighted by Gasteiger charge is 2.08. The number of fused-ring (bicyclic) bond motifs is 2. The van der Waals surface area contributed by atoms with E-state index in [9.17, 15) is 0 Å². The lowest BCUT2D eigenvalue weighted by molar-refractivity contribution is 1.13. The van der Waals surface area contributed by atoms with Gasteiger partial charge in [-0.05, 0) is 60.7 Å². The lowest BCUT2D eigenvalue weighted by Crippen LogP contribution is -2.08. The first-order chi connectivity index (χ1) is 13.0. The van der Waals surface area contributed by atoms with E-state index in [4.69, 9.17) is 9.98 Å². The lowest BCUT2D eigenvalue weighted by atomic mass is 10.2. The van der Waals surface area contributed by atoms with Gasteiger partial charge >= 0.3 is 0 Å². The zero-order valence-electron chi connectivity index (χ0n) is 16.0. The summed E-state index contributed by atoms with van der Waals surface area (Å²) in [5.41, 5.74) is 5.34. The Morgan fingerprint density at radius 1 is 0.778 bits per heavy atom. The third-order valence-corrected chi connectivity index (χ3v) is 5.58. The number of hydrogen-bond donors (Lipinski definition) is 0. The van der Waals surface area contributed by atoms with E-state index in [-0.39, 0.29) is 0 Å². The molecule has 0 fully saturated rings. The Balaban J connectivity index is 1.78. The molecule has 0 N–H and O–H groups in total. The molecule has 136 valence electrons. The summed E-state index contributed by atoms with van der Waals surface area (Å²) in [5.74, 6) is 0. The molecular weight excluding hydrogens is 352 g/mol. The van der Waals surface area contributed by atoms with E-state index in [0.717, 1.165) is 27.1 Å². The van der Waals surface area contributed by atoms with Gasteiger partial charge in [-0.1, -0.05) is 0 Å². The quantitative estimate of drug-likeness (QED) is 0.484. The van der Waals surface area contributed by atoms with Crippen molar-refractivity contribution in [2.45, 2.75) is 0 Å². The van der Waals surface area contributed by atoms with Gasteiger partial charge in [0.15, 0.2) is 0 Å². The van der Waals surface area contributed by atoms with Crippen LogP contribution >= 0.6 is 11.3 Å². The number of rotatable bonds is 3. The van der Waals surface area contributed by atoms with Crippen LogP contribution in [0.4, 0.5) is 17.1 Å². The van der Waals surface area contributed by atoms with Gasteiger partial charge in [0, 0.05) is 39.6 Å². The topological polar surface area (TPSA) is 31.7 Å². The van der Waals surface area contributed by atoms with E-state index in [1.807, 2.05) is 32.3 Å². The van der Waals surface area contributed by atoms with E-state index >= 15 is 0 Å². The molecule has 27 heavy (non-hydrogen) atoms. The number of benzene rings is 3. The number of hydrogen-bond acceptors (Lipinski definition) is 5. The van der Waals surface area contributed by atoms with Crippen molar-refractivity contribution in [3.63, 3.8) is 0 Å². The van der Waals surface area contributed by atoms with Crippen molar-refractivity contribution in [1.29, 1.82) is 0 Å². The third kappa shape index (κ3) is 3.64. The summed E-state index contributed by atoms with van der Waals surface area (Å²) in [7, 11) is 8.18. The molecule has 2 aromatic carbocycles. The molecule has 0 atom stereocenters. The monoisotopic (exact) mass is 374 g/mol. The summed E-state index contributed by atoms with van der Waals surface area (Å²) in [5, 5.41) is 0.946. The molecule has 0 radical (unpaired) electrons. The zero-order valence-corrected chi connectivity index (χ0v) is 16.8. The smallest absolute Gasteiger partial charge is 0.0811 e. The Morgan fingerprint density at radius 3 is 2.19 bits per heavy atom. The summed E-state index contributed by atoms with van der Waals surface area (Å²) in [6.07, 6.45) is 0. The van der Waals surface area contributed by atoms with E-state index < -0.39 is 0 Å². The van der Waals surface area contributed by atoms with Crippen molar-refractivity contribution in [2.24, 2.45) is 4.99 Å². The molecule has 2 aliphatic rings. The van der Waals surface area contributed by atoms with Gasteiger partial charge in [-0.2, -0.15) is 0 Å². The fourth-order valence-electron chi connectivity index (χ4n) is 2.92. The van der Waals surface area contributed by atoms with Gasteiger partial charge in [0.25, 0.3) is 0 Å². The van der Waals surface area contributed by atoms with Crippen molar-refractivity contribution in [1.82, 2.24) is 4.98 Å². The first kappa shape index (κ1) is 17.5. The largest absolute Gasteiger partial charge is 0.378 e. The van der Waals surface area contributed by atoms with Gasteiger partial charge in [0.1, 0.15) is 0 Å². The molecule has 0 spiro atoms. The van der Waals surface area contributed by atoms with Gasteiger partial charge < -0.3 is 9.80 Å². The van der Waals surface area contributed by atoms with Crippen LogP contribution in [0.1, 0.15) is 0 Å². The molecule has 1 aliphatic carbocycles. The maximum absolute atomic E-state index is 4.80. The molecule has 1 aliphatic heterocycles. The number of anilines is 2. The van der Waals surface area contributed by atoms with E-state index in [0.29, 0.717) is 0 Å². The molecular formula is C22H22N4S. The molecule has 0 saturated heterocycles. The van der Waals surface area contributed by atoms with Gasteiger partial charge in [-0.25, -0.2) is 9.98 Å². The number of nitrogens with zero attached hydrogens (tertiary/aromatic N) is 4. The molecule has 0 aromatic heterocycles.